The number of hydrogen-bond acceptors (Lipinski definition) is 4. The average Bonchev–Trinajstić information content (AvgIpc) is 2.58. The molecule has 24 heavy (non-hydrogen) atoms. The van der Waals surface area contributed by atoms with Gasteiger partial charge < -0.3 is 19.3 Å². The normalized spacial score (nSPS) is 10.2. The standard InChI is InChI=1S/C18H19ClO5/c1-22-16-8-6-13(7-9-18(20)21)12-17(16)24-11-10-23-15-5-3-2-4-14(15)19/h2-6,8,12H,7,9-11H2,1H3,(H,20,21). The fourth-order valence-electron chi connectivity index (χ4n) is 2.11. The molecule has 0 aliphatic carbocycles. The predicted octanol–water partition coefficient (Wildman–Crippen LogP) is 3.82. The number of aryl methyl sites for hydroxylation is 1. The molecule has 0 saturated heterocycles. The van der Waals surface area contributed by atoms with Crippen LogP contribution in [0.2, 0.25) is 5.02 Å². The van der Waals surface area contributed by atoms with Gasteiger partial charge in [0, 0.05) is 6.42 Å². The summed E-state index contributed by atoms with van der Waals surface area (Å²) >= 11 is 6.02. The third kappa shape index (κ3) is 5.35. The van der Waals surface area contributed by atoms with Gasteiger partial charge in [-0.15, -0.1) is 0 Å². The zero-order chi connectivity index (χ0) is 17.4. The fourth-order valence-corrected chi connectivity index (χ4v) is 2.30. The molecule has 0 atom stereocenters. The van der Waals surface area contributed by atoms with Gasteiger partial charge in [0.1, 0.15) is 19.0 Å². The zero-order valence-corrected chi connectivity index (χ0v) is 14.1. The Labute approximate surface area is 145 Å². The smallest absolute Gasteiger partial charge is 0.303 e. The van der Waals surface area contributed by atoms with Crippen molar-refractivity contribution in [3.8, 4) is 17.2 Å². The number of halogens is 1. The maximum Gasteiger partial charge on any atom is 0.303 e. The summed E-state index contributed by atoms with van der Waals surface area (Å²) in [5.41, 5.74) is 0.875. The van der Waals surface area contributed by atoms with Gasteiger partial charge in [-0.3, -0.25) is 4.79 Å². The molecule has 0 bridgehead atoms. The molecular formula is C18H19ClO5. The average molecular weight is 351 g/mol. The Morgan fingerprint density at radius 1 is 1.04 bits per heavy atom. The molecule has 0 fully saturated rings. The topological polar surface area (TPSA) is 65.0 Å². The third-order valence-corrected chi connectivity index (χ3v) is 3.60. The molecule has 1 N–H and O–H groups in total. The lowest BCUT2D eigenvalue weighted by atomic mass is 10.1. The van der Waals surface area contributed by atoms with Crippen LogP contribution in [0, 0.1) is 0 Å². The molecule has 2 rings (SSSR count). The summed E-state index contributed by atoms with van der Waals surface area (Å²) in [7, 11) is 1.55. The van der Waals surface area contributed by atoms with Gasteiger partial charge in [-0.2, -0.15) is 0 Å². The molecule has 5 nitrogen and oxygen atoms in total. The van der Waals surface area contributed by atoms with E-state index in [1.54, 1.807) is 31.4 Å². The molecule has 0 amide bonds. The Kier molecular flexibility index (Phi) is 6.75. The summed E-state index contributed by atoms with van der Waals surface area (Å²) in [4.78, 5) is 10.7. The highest BCUT2D eigenvalue weighted by Crippen LogP contribution is 2.29. The molecule has 0 spiro atoms. The lowest BCUT2D eigenvalue weighted by molar-refractivity contribution is -0.136. The number of carboxylic acids is 1. The van der Waals surface area contributed by atoms with E-state index in [2.05, 4.69) is 0 Å². The summed E-state index contributed by atoms with van der Waals surface area (Å²) < 4.78 is 16.5. The van der Waals surface area contributed by atoms with Gasteiger partial charge in [0.2, 0.25) is 0 Å². The first-order chi connectivity index (χ1) is 11.6. The van der Waals surface area contributed by atoms with Gasteiger partial charge in [0.15, 0.2) is 11.5 Å². The number of methoxy groups -OCH3 is 1. The van der Waals surface area contributed by atoms with Crippen molar-refractivity contribution in [2.45, 2.75) is 12.8 Å². The Morgan fingerprint density at radius 3 is 2.42 bits per heavy atom. The van der Waals surface area contributed by atoms with Crippen molar-refractivity contribution in [2.75, 3.05) is 20.3 Å². The zero-order valence-electron chi connectivity index (χ0n) is 13.3. The minimum absolute atomic E-state index is 0.0708. The molecule has 2 aromatic carbocycles. The van der Waals surface area contributed by atoms with Crippen LogP contribution >= 0.6 is 11.6 Å². The third-order valence-electron chi connectivity index (χ3n) is 3.29. The van der Waals surface area contributed by atoms with Crippen molar-refractivity contribution >= 4 is 17.6 Å². The molecule has 2 aromatic rings. The molecule has 0 radical (unpaired) electrons. The highest BCUT2D eigenvalue weighted by molar-refractivity contribution is 6.32. The molecule has 0 aliphatic heterocycles. The van der Waals surface area contributed by atoms with Gasteiger partial charge in [-0.25, -0.2) is 0 Å². The quantitative estimate of drug-likeness (QED) is 0.696. The van der Waals surface area contributed by atoms with E-state index in [0.717, 1.165) is 5.56 Å². The Balaban J connectivity index is 1.91. The molecule has 0 aromatic heterocycles. The van der Waals surface area contributed by atoms with E-state index in [1.807, 2.05) is 18.2 Å². The van der Waals surface area contributed by atoms with Gasteiger partial charge in [-0.05, 0) is 36.2 Å². The maximum atomic E-state index is 10.7. The van der Waals surface area contributed by atoms with Crippen LogP contribution in [0.25, 0.3) is 0 Å². The van der Waals surface area contributed by atoms with Crippen LogP contribution < -0.4 is 14.2 Å². The first-order valence-electron chi connectivity index (χ1n) is 7.49. The highest BCUT2D eigenvalue weighted by atomic mass is 35.5. The monoisotopic (exact) mass is 350 g/mol. The lowest BCUT2D eigenvalue weighted by Crippen LogP contribution is -2.10. The van der Waals surface area contributed by atoms with Crippen molar-refractivity contribution in [1.82, 2.24) is 0 Å². The van der Waals surface area contributed by atoms with Crippen molar-refractivity contribution in [1.29, 1.82) is 0 Å². The SMILES string of the molecule is COc1ccc(CCC(=O)O)cc1OCCOc1ccccc1Cl. The van der Waals surface area contributed by atoms with E-state index >= 15 is 0 Å². The molecule has 128 valence electrons. The first-order valence-corrected chi connectivity index (χ1v) is 7.87. The Morgan fingerprint density at radius 2 is 1.75 bits per heavy atom. The maximum absolute atomic E-state index is 10.7. The largest absolute Gasteiger partial charge is 0.493 e. The summed E-state index contributed by atoms with van der Waals surface area (Å²) in [6, 6.07) is 12.6. The number of rotatable bonds is 9. The van der Waals surface area contributed by atoms with Crippen molar-refractivity contribution in [2.24, 2.45) is 0 Å². The number of ether oxygens (including phenoxy) is 3. The second-order valence-corrected chi connectivity index (χ2v) is 5.41. The van der Waals surface area contributed by atoms with Crippen LogP contribution in [-0.2, 0) is 11.2 Å². The van der Waals surface area contributed by atoms with E-state index in [4.69, 9.17) is 30.9 Å². The van der Waals surface area contributed by atoms with E-state index in [0.29, 0.717) is 41.9 Å². The Hall–Kier alpha value is -2.40. The molecular weight excluding hydrogens is 332 g/mol. The summed E-state index contributed by atoms with van der Waals surface area (Å²) in [6.07, 6.45) is 0.507. The van der Waals surface area contributed by atoms with Crippen LogP contribution in [0.5, 0.6) is 17.2 Å². The fraction of sp³-hybridized carbons (Fsp3) is 0.278. The minimum Gasteiger partial charge on any atom is -0.493 e. The van der Waals surface area contributed by atoms with Gasteiger partial charge in [0.05, 0.1) is 12.1 Å². The summed E-state index contributed by atoms with van der Waals surface area (Å²) in [5, 5.41) is 9.31. The molecule has 0 saturated carbocycles. The van der Waals surface area contributed by atoms with E-state index < -0.39 is 5.97 Å². The van der Waals surface area contributed by atoms with E-state index in [-0.39, 0.29) is 6.42 Å². The Bertz CT molecular complexity index is 687. The number of hydrogen-bond donors (Lipinski definition) is 1. The van der Waals surface area contributed by atoms with E-state index in [1.165, 1.54) is 0 Å². The minimum atomic E-state index is -0.832. The lowest BCUT2D eigenvalue weighted by Gasteiger charge is -2.13. The molecule has 6 heteroatoms. The molecule has 0 aliphatic rings. The second kappa shape index (κ2) is 9.03. The predicted molar refractivity (Wildman–Crippen MR) is 91.4 cm³/mol. The second-order valence-electron chi connectivity index (χ2n) is 5.01. The summed E-state index contributed by atoms with van der Waals surface area (Å²) in [5.74, 6) is 0.918. The van der Waals surface area contributed by atoms with Crippen LogP contribution in [0.4, 0.5) is 0 Å². The van der Waals surface area contributed by atoms with Crippen LogP contribution in [0.3, 0.4) is 0 Å². The molecule has 0 heterocycles. The van der Waals surface area contributed by atoms with Gasteiger partial charge >= 0.3 is 5.97 Å². The number of para-hydroxylation sites is 1. The van der Waals surface area contributed by atoms with Crippen LogP contribution in [-0.4, -0.2) is 31.4 Å². The highest BCUT2D eigenvalue weighted by Gasteiger charge is 2.08. The van der Waals surface area contributed by atoms with Crippen molar-refractivity contribution in [3.63, 3.8) is 0 Å². The van der Waals surface area contributed by atoms with E-state index in [9.17, 15) is 4.79 Å². The van der Waals surface area contributed by atoms with Gasteiger partial charge in [-0.1, -0.05) is 29.8 Å². The number of carbonyl (C=O) groups is 1. The molecule has 0 unspecified atom stereocenters. The van der Waals surface area contributed by atoms with Crippen molar-refractivity contribution in [3.05, 3.63) is 53.1 Å². The van der Waals surface area contributed by atoms with Crippen LogP contribution in [0.1, 0.15) is 12.0 Å². The number of carboxylic acid groups (broad SMARTS) is 1. The first kappa shape index (κ1) is 17.9. The van der Waals surface area contributed by atoms with Crippen molar-refractivity contribution < 1.29 is 24.1 Å². The van der Waals surface area contributed by atoms with Gasteiger partial charge in [0.25, 0.3) is 0 Å². The van der Waals surface area contributed by atoms with Crippen LogP contribution in [0.15, 0.2) is 42.5 Å². The summed E-state index contributed by atoms with van der Waals surface area (Å²) in [6.45, 7) is 0.635. The number of benzene rings is 2. The number of aliphatic carboxylic acids is 1.